The average molecular weight is 378 g/mol. The van der Waals surface area contributed by atoms with Crippen molar-refractivity contribution in [2.45, 2.75) is 33.0 Å². The van der Waals surface area contributed by atoms with Gasteiger partial charge in [0, 0.05) is 13.1 Å². The van der Waals surface area contributed by atoms with Gasteiger partial charge in [0.15, 0.2) is 5.69 Å². The number of rotatable bonds is 6. The molecule has 0 saturated carbocycles. The molecule has 10 heteroatoms. The summed E-state index contributed by atoms with van der Waals surface area (Å²) in [5.41, 5.74) is -0.611. The van der Waals surface area contributed by atoms with E-state index in [0.29, 0.717) is 12.1 Å². The molecule has 0 radical (unpaired) electrons. The van der Waals surface area contributed by atoms with Crippen molar-refractivity contribution in [2.75, 3.05) is 12.3 Å². The van der Waals surface area contributed by atoms with E-state index in [1.807, 2.05) is 0 Å². The Morgan fingerprint density at radius 1 is 1.40 bits per heavy atom. The summed E-state index contributed by atoms with van der Waals surface area (Å²) in [7, 11) is -3.28. The zero-order valence-electron chi connectivity index (χ0n) is 11.0. The lowest BCUT2D eigenvalue weighted by atomic mass is 10.3. The van der Waals surface area contributed by atoms with Gasteiger partial charge in [-0.05, 0) is 36.2 Å². The highest BCUT2D eigenvalue weighted by Crippen LogP contribution is 2.35. The average Bonchev–Trinajstić information content (AvgIpc) is 2.62. The van der Waals surface area contributed by atoms with Crippen molar-refractivity contribution < 1.29 is 21.6 Å². The number of sulfonamides is 1. The van der Waals surface area contributed by atoms with Crippen molar-refractivity contribution in [2.24, 2.45) is 0 Å². The Bertz CT molecular complexity index is 569. The zero-order chi connectivity index (χ0) is 15.6. The van der Waals surface area contributed by atoms with Crippen LogP contribution in [0.3, 0.4) is 0 Å². The lowest BCUT2D eigenvalue weighted by Crippen LogP contribution is -2.27. The quantitative estimate of drug-likeness (QED) is 0.773. The molecule has 116 valence electrons. The molecule has 1 rings (SSSR count). The Morgan fingerprint density at radius 2 is 2.00 bits per heavy atom. The number of hydrogen-bond acceptors (Lipinski definition) is 3. The van der Waals surface area contributed by atoms with Crippen LogP contribution in [0, 0.1) is 6.92 Å². The maximum Gasteiger partial charge on any atom is 0.436 e. The lowest BCUT2D eigenvalue weighted by molar-refractivity contribution is -0.142. The summed E-state index contributed by atoms with van der Waals surface area (Å²) in [6.45, 7) is 3.39. The third kappa shape index (κ3) is 4.45. The molecule has 1 aromatic heterocycles. The SMILES string of the molecule is CCS(=O)(=O)NCCCn1nc(C(F)(F)F)c(Br)c1C. The summed E-state index contributed by atoms with van der Waals surface area (Å²) in [6, 6.07) is 0. The first kappa shape index (κ1) is 17.4. The fraction of sp³-hybridized carbons (Fsp3) is 0.700. The van der Waals surface area contributed by atoms with Gasteiger partial charge in [0.25, 0.3) is 0 Å². The first-order valence-electron chi connectivity index (χ1n) is 5.86. The van der Waals surface area contributed by atoms with Crippen molar-refractivity contribution in [3.8, 4) is 0 Å². The van der Waals surface area contributed by atoms with Gasteiger partial charge in [-0.2, -0.15) is 18.3 Å². The first-order valence-corrected chi connectivity index (χ1v) is 8.30. The van der Waals surface area contributed by atoms with Gasteiger partial charge < -0.3 is 0 Å². The first-order chi connectivity index (χ1) is 9.08. The monoisotopic (exact) mass is 377 g/mol. The Morgan fingerprint density at radius 3 is 2.45 bits per heavy atom. The van der Waals surface area contributed by atoms with Crippen LogP contribution in [0.25, 0.3) is 0 Å². The highest BCUT2D eigenvalue weighted by Gasteiger charge is 2.37. The van der Waals surface area contributed by atoms with E-state index in [-0.39, 0.29) is 23.3 Å². The van der Waals surface area contributed by atoms with E-state index >= 15 is 0 Å². The maximum absolute atomic E-state index is 12.6. The van der Waals surface area contributed by atoms with Crippen LogP contribution in [0.15, 0.2) is 4.47 Å². The fourth-order valence-electron chi connectivity index (χ4n) is 1.48. The van der Waals surface area contributed by atoms with Gasteiger partial charge in [-0.3, -0.25) is 4.68 Å². The van der Waals surface area contributed by atoms with Crippen molar-refractivity contribution in [1.29, 1.82) is 0 Å². The number of alkyl halides is 3. The molecule has 0 amide bonds. The highest BCUT2D eigenvalue weighted by molar-refractivity contribution is 9.10. The van der Waals surface area contributed by atoms with Crippen LogP contribution >= 0.6 is 15.9 Å². The minimum absolute atomic E-state index is 0.0302. The van der Waals surface area contributed by atoms with Crippen molar-refractivity contribution >= 4 is 26.0 Å². The van der Waals surface area contributed by atoms with E-state index in [0.717, 1.165) is 0 Å². The molecule has 0 unspecified atom stereocenters. The Balaban J connectivity index is 2.66. The summed E-state index contributed by atoms with van der Waals surface area (Å²) in [6.07, 6.45) is -4.16. The Labute approximate surface area is 123 Å². The van der Waals surface area contributed by atoms with Crippen LogP contribution in [0.5, 0.6) is 0 Å². The maximum atomic E-state index is 12.6. The van der Waals surface area contributed by atoms with Crippen LogP contribution in [-0.4, -0.2) is 30.5 Å². The second-order valence-electron chi connectivity index (χ2n) is 4.12. The molecule has 0 spiro atoms. The van der Waals surface area contributed by atoms with E-state index in [1.165, 1.54) is 18.5 Å². The molecule has 0 saturated heterocycles. The van der Waals surface area contributed by atoms with Crippen molar-refractivity contribution in [1.82, 2.24) is 14.5 Å². The summed E-state index contributed by atoms with van der Waals surface area (Å²) >= 11 is 2.87. The van der Waals surface area contributed by atoms with Gasteiger partial charge in [-0.15, -0.1) is 0 Å². The summed E-state index contributed by atoms with van der Waals surface area (Å²) < 4.78 is 63.7. The Hall–Kier alpha value is -0.610. The molecule has 0 bridgehead atoms. The molecule has 0 aromatic carbocycles. The summed E-state index contributed by atoms with van der Waals surface area (Å²) in [4.78, 5) is 0. The normalized spacial score (nSPS) is 12.9. The molecular formula is C10H15BrF3N3O2S. The van der Waals surface area contributed by atoms with E-state index < -0.39 is 21.9 Å². The molecule has 0 aliphatic carbocycles. The van der Waals surface area contributed by atoms with Gasteiger partial charge in [-0.25, -0.2) is 13.1 Å². The van der Waals surface area contributed by atoms with Crippen LogP contribution in [-0.2, 0) is 22.7 Å². The minimum atomic E-state index is -4.52. The largest absolute Gasteiger partial charge is 0.436 e. The highest BCUT2D eigenvalue weighted by atomic mass is 79.9. The molecule has 5 nitrogen and oxygen atoms in total. The van der Waals surface area contributed by atoms with Gasteiger partial charge in [0.1, 0.15) is 0 Å². The lowest BCUT2D eigenvalue weighted by Gasteiger charge is -2.06. The Kier molecular flexibility index (Phi) is 5.61. The van der Waals surface area contributed by atoms with Gasteiger partial charge >= 0.3 is 6.18 Å². The number of hydrogen-bond donors (Lipinski definition) is 1. The van der Waals surface area contributed by atoms with Gasteiger partial charge in [-0.1, -0.05) is 0 Å². The third-order valence-electron chi connectivity index (χ3n) is 2.65. The summed E-state index contributed by atoms with van der Waals surface area (Å²) in [5.74, 6) is -0.0302. The van der Waals surface area contributed by atoms with E-state index in [2.05, 4.69) is 25.8 Å². The predicted octanol–water partition coefficient (Wildman–Crippen LogP) is 2.30. The van der Waals surface area contributed by atoms with Crippen molar-refractivity contribution in [3.63, 3.8) is 0 Å². The smallest absolute Gasteiger partial charge is 0.268 e. The van der Waals surface area contributed by atoms with E-state index in [4.69, 9.17) is 0 Å². The number of aryl methyl sites for hydroxylation is 1. The van der Waals surface area contributed by atoms with Gasteiger partial charge in [0.05, 0.1) is 15.9 Å². The van der Waals surface area contributed by atoms with E-state index in [9.17, 15) is 21.6 Å². The second-order valence-corrected chi connectivity index (χ2v) is 7.01. The topological polar surface area (TPSA) is 64.0 Å². The van der Waals surface area contributed by atoms with E-state index in [1.54, 1.807) is 0 Å². The third-order valence-corrected chi connectivity index (χ3v) is 5.00. The molecule has 20 heavy (non-hydrogen) atoms. The summed E-state index contributed by atoms with van der Waals surface area (Å²) in [5, 5.41) is 3.50. The number of nitrogens with one attached hydrogen (secondary N) is 1. The van der Waals surface area contributed by atoms with Gasteiger partial charge in [0.2, 0.25) is 10.0 Å². The molecular weight excluding hydrogens is 363 g/mol. The fourth-order valence-corrected chi connectivity index (χ4v) is 2.65. The second kappa shape index (κ2) is 6.44. The van der Waals surface area contributed by atoms with Crippen LogP contribution in [0.1, 0.15) is 24.7 Å². The van der Waals surface area contributed by atoms with Crippen LogP contribution in [0.4, 0.5) is 13.2 Å². The van der Waals surface area contributed by atoms with Crippen LogP contribution < -0.4 is 4.72 Å². The number of nitrogens with zero attached hydrogens (tertiary/aromatic N) is 2. The number of halogens is 4. The standard InChI is InChI=1S/C10H15BrF3N3O2S/c1-3-20(18,19)15-5-4-6-17-7(2)8(11)9(16-17)10(12,13)14/h15H,3-6H2,1-2H3. The molecule has 0 atom stereocenters. The predicted molar refractivity (Wildman–Crippen MR) is 71.7 cm³/mol. The molecule has 0 aliphatic heterocycles. The molecule has 1 heterocycles. The zero-order valence-corrected chi connectivity index (χ0v) is 13.4. The minimum Gasteiger partial charge on any atom is -0.268 e. The molecule has 1 aromatic rings. The molecule has 0 fully saturated rings. The van der Waals surface area contributed by atoms with Crippen LogP contribution in [0.2, 0.25) is 0 Å². The van der Waals surface area contributed by atoms with Crippen molar-refractivity contribution in [3.05, 3.63) is 15.9 Å². The molecule has 1 N–H and O–H groups in total. The number of aromatic nitrogens is 2. The molecule has 0 aliphatic rings.